The zero-order valence-corrected chi connectivity index (χ0v) is 20.7. The van der Waals surface area contributed by atoms with Crippen LogP contribution in [0.3, 0.4) is 0 Å². The molecule has 2 aliphatic carbocycles. The molecule has 0 amide bonds. The van der Waals surface area contributed by atoms with Gasteiger partial charge in [0.15, 0.2) is 0 Å². The smallest absolute Gasteiger partial charge is 0.384 e. The summed E-state index contributed by atoms with van der Waals surface area (Å²) in [5.41, 5.74) is -13.9. The summed E-state index contributed by atoms with van der Waals surface area (Å²) in [5.74, 6) is -81.8. The van der Waals surface area contributed by atoms with Crippen LogP contribution in [-0.4, -0.2) is 92.7 Å². The van der Waals surface area contributed by atoms with Gasteiger partial charge in [-0.05, 0) is 0 Å². The van der Waals surface area contributed by atoms with Crippen LogP contribution in [0, 0.1) is 0 Å². The van der Waals surface area contributed by atoms with Crippen molar-refractivity contribution in [3.05, 3.63) is 0 Å². The number of rotatable bonds is 2. The van der Waals surface area contributed by atoms with Gasteiger partial charge in [0.05, 0.1) is 0 Å². The minimum Gasteiger partial charge on any atom is -0.479 e. The van der Waals surface area contributed by atoms with Gasteiger partial charge < -0.3 is 10.2 Å². The predicted molar refractivity (Wildman–Crippen MR) is 72.4 cm³/mol. The number of carboxylic acids is 2. The van der Waals surface area contributed by atoms with E-state index < -0.39 is 82.5 Å². The summed E-state index contributed by atoms with van der Waals surface area (Å²) in [5, 5.41) is 15.7. The third kappa shape index (κ3) is 3.54. The van der Waals surface area contributed by atoms with Crippen LogP contribution in [0.25, 0.3) is 0 Å². The van der Waals surface area contributed by atoms with Crippen LogP contribution in [0.4, 0.5) is 96.6 Å². The normalized spacial score (nSPS) is 30.8. The molecule has 0 unspecified atom stereocenters. The standard InChI is InChI=1S/2C7HF11O2.Zn/c2*8-2(1(19)20)3(9,10)5(13,14)7(17,18)6(15,16)4(2,11)12;/h2*(H,19,20);. The second kappa shape index (κ2) is 9.02. The number of hydrogen-bond acceptors (Lipinski definition) is 2. The predicted octanol–water partition coefficient (Wildman–Crippen LogP) is 5.94. The maximum absolute atomic E-state index is 13.2. The monoisotopic (exact) mass is 716 g/mol. The number of alkyl halides is 22. The van der Waals surface area contributed by atoms with Crippen LogP contribution in [0.5, 0.6) is 0 Å². The molecule has 238 valence electrons. The minimum absolute atomic E-state index is 0. The van der Waals surface area contributed by atoms with Crippen molar-refractivity contribution in [2.75, 3.05) is 0 Å². The van der Waals surface area contributed by atoms with Gasteiger partial charge in [0.1, 0.15) is 0 Å². The second-order valence-corrected chi connectivity index (χ2v) is 7.67. The first-order chi connectivity index (χ1) is 16.9. The van der Waals surface area contributed by atoms with Gasteiger partial charge in [0.25, 0.3) is 0 Å². The number of carboxylic acid groups (broad SMARTS) is 2. The van der Waals surface area contributed by atoms with Crippen molar-refractivity contribution in [1.82, 2.24) is 0 Å². The van der Waals surface area contributed by atoms with E-state index in [1.165, 1.54) is 0 Å². The van der Waals surface area contributed by atoms with Crippen LogP contribution in [0.1, 0.15) is 0 Å². The van der Waals surface area contributed by atoms with Crippen molar-refractivity contribution in [2.45, 2.75) is 70.6 Å². The van der Waals surface area contributed by atoms with E-state index in [4.69, 9.17) is 10.2 Å². The van der Waals surface area contributed by atoms with E-state index in [1.54, 1.807) is 0 Å². The molecule has 0 aromatic carbocycles. The Morgan fingerprint density at radius 1 is 0.293 bits per heavy atom. The Morgan fingerprint density at radius 2 is 0.390 bits per heavy atom. The average molecular weight is 718 g/mol. The molecule has 0 heterocycles. The van der Waals surface area contributed by atoms with E-state index in [0.29, 0.717) is 0 Å². The molecule has 2 saturated carbocycles. The molecule has 0 spiro atoms. The summed E-state index contributed by atoms with van der Waals surface area (Å²) < 4.78 is 280. The number of hydrogen-bond donors (Lipinski definition) is 2. The largest absolute Gasteiger partial charge is 0.479 e. The van der Waals surface area contributed by atoms with Crippen molar-refractivity contribution >= 4 is 11.9 Å². The summed E-state index contributed by atoms with van der Waals surface area (Å²) in [6.07, 6.45) is 0. The molecule has 4 nitrogen and oxygen atoms in total. The molecule has 0 atom stereocenters. The fourth-order valence-electron chi connectivity index (χ4n) is 2.98. The Bertz CT molecular complexity index is 938. The van der Waals surface area contributed by atoms with E-state index >= 15 is 0 Å². The summed E-state index contributed by atoms with van der Waals surface area (Å²) in [4.78, 5) is 20.1. The van der Waals surface area contributed by atoms with Gasteiger partial charge in [-0.3, -0.25) is 0 Å². The summed E-state index contributed by atoms with van der Waals surface area (Å²) in [7, 11) is 0. The van der Waals surface area contributed by atoms with Crippen molar-refractivity contribution in [2.24, 2.45) is 0 Å². The van der Waals surface area contributed by atoms with Crippen LogP contribution in [0.2, 0.25) is 0 Å². The van der Waals surface area contributed by atoms with E-state index in [9.17, 15) is 106 Å². The quantitative estimate of drug-likeness (QED) is 0.274. The maximum Gasteiger partial charge on any atom is 0.384 e. The molecule has 0 aliphatic heterocycles. The first kappa shape index (κ1) is 39.0. The van der Waals surface area contributed by atoms with Crippen molar-refractivity contribution in [1.29, 1.82) is 0 Å². The molecule has 0 bridgehead atoms. The molecule has 0 aromatic heterocycles. The van der Waals surface area contributed by atoms with E-state index in [0.717, 1.165) is 0 Å². The Balaban J connectivity index is 0.000000762. The Morgan fingerprint density at radius 3 is 0.488 bits per heavy atom. The zero-order valence-electron chi connectivity index (χ0n) is 17.7. The molecular weight excluding hydrogens is 715 g/mol. The van der Waals surface area contributed by atoms with Gasteiger partial charge in [0.2, 0.25) is 0 Å². The molecule has 2 N–H and O–H groups in total. The topological polar surface area (TPSA) is 74.6 Å². The van der Waals surface area contributed by atoms with E-state index in [1.807, 2.05) is 0 Å². The van der Waals surface area contributed by atoms with E-state index in [2.05, 4.69) is 0 Å². The first-order valence-corrected chi connectivity index (χ1v) is 8.51. The molecular formula is C14H2F22O4Zn. The fraction of sp³-hybridized carbons (Fsp3) is 0.857. The minimum atomic E-state index is -7.39. The SMILES string of the molecule is O=C(O)C1(F)C(F)(F)C(F)(F)C(F)(F)C(F)(F)C1(F)F.O=C(O)C1(F)C(F)(F)C(F)(F)C(F)(F)C(F)(F)C1(F)F.[Zn]. The molecule has 2 aliphatic rings. The number of halogens is 22. The van der Waals surface area contributed by atoms with Crippen molar-refractivity contribution in [3.8, 4) is 0 Å². The van der Waals surface area contributed by atoms with Crippen molar-refractivity contribution in [3.63, 3.8) is 0 Å². The molecule has 0 saturated heterocycles. The molecule has 2 rings (SSSR count). The number of carbonyl (C=O) groups is 2. The maximum atomic E-state index is 13.2. The van der Waals surface area contributed by atoms with Crippen molar-refractivity contribution < 1.29 is 136 Å². The number of aliphatic carboxylic acids is 2. The molecule has 27 heteroatoms. The molecule has 2 fully saturated rings. The first-order valence-electron chi connectivity index (χ1n) is 8.51. The molecule has 0 radical (unpaired) electrons. The summed E-state index contributed by atoms with van der Waals surface area (Å²) >= 11 is 0. The zero-order chi connectivity index (χ0) is 33.2. The van der Waals surface area contributed by atoms with Gasteiger partial charge in [-0.1, -0.05) is 0 Å². The van der Waals surface area contributed by atoms with Crippen LogP contribution >= 0.6 is 0 Å². The molecule has 0 aromatic rings. The molecule has 41 heavy (non-hydrogen) atoms. The third-order valence-electron chi connectivity index (χ3n) is 5.47. The van der Waals surface area contributed by atoms with Crippen LogP contribution < -0.4 is 0 Å². The van der Waals surface area contributed by atoms with Crippen LogP contribution in [-0.2, 0) is 29.1 Å². The third-order valence-corrected chi connectivity index (χ3v) is 5.47. The van der Waals surface area contributed by atoms with Gasteiger partial charge in [-0.15, -0.1) is 0 Å². The van der Waals surface area contributed by atoms with Gasteiger partial charge in [-0.25, -0.2) is 18.4 Å². The van der Waals surface area contributed by atoms with Crippen LogP contribution in [0.15, 0.2) is 0 Å². The Labute approximate surface area is 219 Å². The fourth-order valence-corrected chi connectivity index (χ4v) is 2.98. The summed E-state index contributed by atoms with van der Waals surface area (Å²) in [6.45, 7) is 0. The average Bonchev–Trinajstić information content (AvgIpc) is 2.74. The van der Waals surface area contributed by atoms with Gasteiger partial charge >= 0.3 is 82.5 Å². The Hall–Kier alpha value is -1.98. The summed E-state index contributed by atoms with van der Waals surface area (Å²) in [6, 6.07) is 0. The van der Waals surface area contributed by atoms with Gasteiger partial charge in [-0.2, -0.15) is 87.8 Å². The van der Waals surface area contributed by atoms with Gasteiger partial charge in [0, 0.05) is 19.5 Å². The van der Waals surface area contributed by atoms with E-state index in [-0.39, 0.29) is 19.5 Å². The second-order valence-electron chi connectivity index (χ2n) is 7.67. The Kier molecular flexibility index (Phi) is 8.58.